The van der Waals surface area contributed by atoms with Crippen molar-refractivity contribution in [3.8, 4) is 6.07 Å². The Morgan fingerprint density at radius 1 is 0.921 bits per heavy atom. The van der Waals surface area contributed by atoms with E-state index in [1.54, 1.807) is 12.1 Å². The second kappa shape index (κ2) is 10.5. The largest absolute Gasteiger partial charge is 0.274 e. The number of carbonyl (C=O) groups is 2. The Balaban J connectivity index is 1.67. The molecule has 38 heavy (non-hydrogen) atoms. The van der Waals surface area contributed by atoms with Crippen molar-refractivity contribution in [1.82, 2.24) is 4.31 Å². The molecule has 196 valence electrons. The molecule has 0 bridgehead atoms. The average Bonchev–Trinajstić information content (AvgIpc) is 3.17. The van der Waals surface area contributed by atoms with Crippen LogP contribution in [0.5, 0.6) is 0 Å². The van der Waals surface area contributed by atoms with E-state index in [0.29, 0.717) is 11.1 Å². The highest BCUT2D eigenvalue weighted by Gasteiger charge is 2.46. The van der Waals surface area contributed by atoms with E-state index >= 15 is 0 Å². The molecule has 2 N–H and O–H groups in total. The predicted molar refractivity (Wildman–Crippen MR) is 139 cm³/mol. The van der Waals surface area contributed by atoms with E-state index in [1.165, 1.54) is 60.7 Å². The van der Waals surface area contributed by atoms with Gasteiger partial charge in [0.15, 0.2) is 0 Å². The molecule has 3 aromatic carbocycles. The molecule has 3 aromatic rings. The number of carbonyl (C=O) groups excluding carboxylic acids is 2. The summed E-state index contributed by atoms with van der Waals surface area (Å²) in [5.41, 5.74) is 2.06. The number of primary sulfonamides is 1. The quantitative estimate of drug-likeness (QED) is 0.419. The Hall–Kier alpha value is -3.89. The Bertz CT molecular complexity index is 1630. The van der Waals surface area contributed by atoms with Crippen LogP contribution in [-0.4, -0.2) is 45.5 Å². The fourth-order valence-corrected chi connectivity index (χ4v) is 6.27. The number of hydrogen-bond donors (Lipinski definition) is 1. The molecule has 0 spiro atoms. The third kappa shape index (κ3) is 5.51. The molecule has 1 atom stereocenters. The van der Waals surface area contributed by atoms with Crippen LogP contribution in [0.25, 0.3) is 0 Å². The zero-order valence-corrected chi connectivity index (χ0v) is 21.9. The molecule has 4 rings (SSSR count). The van der Waals surface area contributed by atoms with Crippen molar-refractivity contribution >= 4 is 37.5 Å². The topological polar surface area (TPSA) is 159 Å². The van der Waals surface area contributed by atoms with Crippen molar-refractivity contribution < 1.29 is 26.4 Å². The minimum Gasteiger partial charge on any atom is -0.274 e. The number of nitrogens with zero attached hydrogens (tertiary/aromatic N) is 3. The number of imide groups is 1. The van der Waals surface area contributed by atoms with Crippen LogP contribution >= 0.6 is 0 Å². The van der Waals surface area contributed by atoms with Gasteiger partial charge >= 0.3 is 0 Å². The second-order valence-corrected chi connectivity index (χ2v) is 12.3. The van der Waals surface area contributed by atoms with Gasteiger partial charge in [-0.3, -0.25) is 9.59 Å². The summed E-state index contributed by atoms with van der Waals surface area (Å²) in [6, 6.07) is 18.4. The van der Waals surface area contributed by atoms with Crippen LogP contribution in [0.2, 0.25) is 0 Å². The lowest BCUT2D eigenvalue weighted by Crippen LogP contribution is -2.46. The van der Waals surface area contributed by atoms with E-state index < -0.39 is 37.9 Å². The lowest BCUT2D eigenvalue weighted by molar-refractivity contribution is -0.122. The molecule has 1 fully saturated rings. The highest BCUT2D eigenvalue weighted by molar-refractivity contribution is 7.89. The molecule has 10 nitrogen and oxygen atoms in total. The van der Waals surface area contributed by atoms with E-state index in [1.807, 2.05) is 13.0 Å². The molecule has 1 saturated heterocycles. The van der Waals surface area contributed by atoms with Gasteiger partial charge in [-0.1, -0.05) is 29.8 Å². The van der Waals surface area contributed by atoms with Gasteiger partial charge in [-0.15, -0.1) is 0 Å². The van der Waals surface area contributed by atoms with Crippen molar-refractivity contribution in [3.05, 3.63) is 89.5 Å². The number of hydrogen-bond acceptors (Lipinski definition) is 7. The average molecular weight is 553 g/mol. The van der Waals surface area contributed by atoms with Crippen LogP contribution in [0.15, 0.2) is 82.6 Å². The Morgan fingerprint density at radius 2 is 1.50 bits per heavy atom. The molecule has 2 amide bonds. The van der Waals surface area contributed by atoms with Crippen molar-refractivity contribution in [2.75, 3.05) is 11.4 Å². The smallest absolute Gasteiger partial charge is 0.252 e. The maximum atomic E-state index is 13.7. The zero-order chi connectivity index (χ0) is 27.7. The minimum absolute atomic E-state index is 0.0234. The number of anilines is 1. The van der Waals surface area contributed by atoms with Crippen LogP contribution in [-0.2, 0) is 36.1 Å². The van der Waals surface area contributed by atoms with Gasteiger partial charge in [-0.25, -0.2) is 26.9 Å². The Kier molecular flexibility index (Phi) is 7.48. The van der Waals surface area contributed by atoms with Gasteiger partial charge in [-0.2, -0.15) is 9.57 Å². The van der Waals surface area contributed by atoms with Gasteiger partial charge in [-0.05, 0) is 67.4 Å². The molecule has 0 radical (unpaired) electrons. The normalized spacial score (nSPS) is 16.2. The molecule has 1 unspecified atom stereocenters. The summed E-state index contributed by atoms with van der Waals surface area (Å²) in [5, 5.41) is 14.2. The summed E-state index contributed by atoms with van der Waals surface area (Å²) in [6.45, 7) is 1.67. The summed E-state index contributed by atoms with van der Waals surface area (Å²) in [4.78, 5) is 27.2. The summed E-state index contributed by atoms with van der Waals surface area (Å²) < 4.78 is 51.6. The van der Waals surface area contributed by atoms with Crippen molar-refractivity contribution in [2.24, 2.45) is 5.14 Å². The number of sulfonamides is 2. The number of nitriles is 1. The lowest BCUT2D eigenvalue weighted by Gasteiger charge is -2.27. The summed E-state index contributed by atoms with van der Waals surface area (Å²) in [7, 11) is -8.09. The lowest BCUT2D eigenvalue weighted by atomic mass is 10.1. The van der Waals surface area contributed by atoms with Crippen LogP contribution in [0.1, 0.15) is 23.1 Å². The SMILES string of the molecule is Cc1ccc(S(=O)(=O)N(CCc2ccc(S(N)(=O)=O)cc2)C2CC(=O)N(c3ccc(C#N)cc3)C2=O)cc1. The highest BCUT2D eigenvalue weighted by atomic mass is 32.2. The maximum Gasteiger partial charge on any atom is 0.252 e. The Morgan fingerprint density at radius 3 is 2.05 bits per heavy atom. The van der Waals surface area contributed by atoms with Crippen LogP contribution < -0.4 is 10.0 Å². The fourth-order valence-electron chi connectivity index (χ4n) is 4.17. The van der Waals surface area contributed by atoms with Gasteiger partial charge < -0.3 is 0 Å². The van der Waals surface area contributed by atoms with Gasteiger partial charge in [0.05, 0.1) is 33.5 Å². The molecule has 1 heterocycles. The van der Waals surface area contributed by atoms with Gasteiger partial charge in [0.2, 0.25) is 26.0 Å². The molecular formula is C26H24N4O6S2. The predicted octanol–water partition coefficient (Wildman–Crippen LogP) is 2.08. The molecule has 12 heteroatoms. The third-order valence-corrected chi connectivity index (χ3v) is 9.08. The first kappa shape index (κ1) is 27.2. The van der Waals surface area contributed by atoms with Crippen molar-refractivity contribution in [1.29, 1.82) is 5.26 Å². The first-order valence-electron chi connectivity index (χ1n) is 11.5. The van der Waals surface area contributed by atoms with Crippen molar-refractivity contribution in [3.63, 3.8) is 0 Å². The van der Waals surface area contributed by atoms with E-state index in [4.69, 9.17) is 10.4 Å². The number of aryl methyl sites for hydroxylation is 1. The van der Waals surface area contributed by atoms with Crippen molar-refractivity contribution in [2.45, 2.75) is 35.6 Å². The van der Waals surface area contributed by atoms with Crippen LogP contribution in [0.4, 0.5) is 5.69 Å². The van der Waals surface area contributed by atoms with E-state index in [-0.39, 0.29) is 34.9 Å². The summed E-state index contributed by atoms with van der Waals surface area (Å²) in [5.74, 6) is -1.26. The highest BCUT2D eigenvalue weighted by Crippen LogP contribution is 2.30. The molecule has 0 aliphatic carbocycles. The van der Waals surface area contributed by atoms with Crippen LogP contribution in [0, 0.1) is 18.3 Å². The number of rotatable bonds is 8. The van der Waals surface area contributed by atoms with Gasteiger partial charge in [0.1, 0.15) is 6.04 Å². The summed E-state index contributed by atoms with van der Waals surface area (Å²) in [6.07, 6.45) is -0.209. The first-order chi connectivity index (χ1) is 17.9. The zero-order valence-electron chi connectivity index (χ0n) is 20.3. The standard InChI is InChI=1S/C26H24N4O6S2/c1-18-2-10-23(11-3-18)38(35,36)29(15-14-19-6-12-22(13-7-19)37(28,33)34)24-16-25(31)30(26(24)32)21-8-4-20(17-27)5-9-21/h2-13,24H,14-16H2,1H3,(H2,28,33,34). The fraction of sp³-hybridized carbons (Fsp3) is 0.192. The number of amides is 2. The van der Waals surface area contributed by atoms with E-state index in [9.17, 15) is 26.4 Å². The van der Waals surface area contributed by atoms with E-state index in [2.05, 4.69) is 0 Å². The van der Waals surface area contributed by atoms with Gasteiger partial charge in [0, 0.05) is 6.54 Å². The number of nitrogens with two attached hydrogens (primary N) is 1. The second-order valence-electron chi connectivity index (χ2n) is 8.81. The number of benzene rings is 3. The molecule has 1 aliphatic rings. The Labute approximate surface area is 221 Å². The van der Waals surface area contributed by atoms with E-state index in [0.717, 1.165) is 14.8 Å². The third-order valence-electron chi connectivity index (χ3n) is 6.23. The van der Waals surface area contributed by atoms with Crippen LogP contribution in [0.3, 0.4) is 0 Å². The summed E-state index contributed by atoms with van der Waals surface area (Å²) >= 11 is 0. The van der Waals surface area contributed by atoms with Gasteiger partial charge in [0.25, 0.3) is 5.91 Å². The maximum absolute atomic E-state index is 13.7. The molecule has 1 aliphatic heterocycles. The first-order valence-corrected chi connectivity index (χ1v) is 14.5. The monoisotopic (exact) mass is 552 g/mol. The molecule has 0 saturated carbocycles. The minimum atomic E-state index is -4.20. The molecular weight excluding hydrogens is 528 g/mol. The molecule has 0 aromatic heterocycles.